The predicted octanol–water partition coefficient (Wildman–Crippen LogP) is 4.04. The molecule has 5 heteroatoms. The summed E-state index contributed by atoms with van der Waals surface area (Å²) in [6.45, 7) is 1.70. The molecule has 0 amide bonds. The van der Waals surface area contributed by atoms with E-state index in [-0.39, 0.29) is 6.10 Å². The van der Waals surface area contributed by atoms with Crippen LogP contribution in [0.1, 0.15) is 25.1 Å². The molecule has 1 fully saturated rings. The van der Waals surface area contributed by atoms with Crippen molar-refractivity contribution in [3.8, 4) is 0 Å². The molecule has 3 rings (SSSR count). The third-order valence-corrected chi connectivity index (χ3v) is 4.19. The molecule has 0 bridgehead atoms. The normalized spacial score (nSPS) is 19.6. The quantitative estimate of drug-likeness (QED) is 0.797. The number of hydrogen-bond acceptors (Lipinski definition) is 2. The Morgan fingerprint density at radius 1 is 1.35 bits per heavy atom. The van der Waals surface area contributed by atoms with Gasteiger partial charge in [-0.3, -0.25) is 0 Å². The van der Waals surface area contributed by atoms with Crippen LogP contribution < -0.4 is 0 Å². The molecule has 20 heavy (non-hydrogen) atoms. The molecule has 0 spiro atoms. The Bertz CT molecular complexity index is 591. The molecule has 3 nitrogen and oxygen atoms in total. The molecule has 1 aromatic heterocycles. The Balaban J connectivity index is 1.96. The lowest BCUT2D eigenvalue weighted by Gasteiger charge is -2.24. The van der Waals surface area contributed by atoms with Crippen molar-refractivity contribution in [3.05, 3.63) is 29.0 Å². The van der Waals surface area contributed by atoms with Gasteiger partial charge in [-0.2, -0.15) is 0 Å². The summed E-state index contributed by atoms with van der Waals surface area (Å²) in [6.07, 6.45) is 4.56. The summed E-state index contributed by atoms with van der Waals surface area (Å²) in [5.41, 5.74) is 2.05. The van der Waals surface area contributed by atoms with Crippen LogP contribution in [0.25, 0.3) is 11.0 Å². The van der Waals surface area contributed by atoms with E-state index in [4.69, 9.17) is 27.9 Å². The SMILES string of the molecule is ClCCc1nc2ccc(Cl)cc2n1CC1CCCCO1. The molecule has 1 aliphatic heterocycles. The topological polar surface area (TPSA) is 27.1 Å². The van der Waals surface area contributed by atoms with Gasteiger partial charge in [-0.1, -0.05) is 11.6 Å². The molecule has 0 saturated carbocycles. The first kappa shape index (κ1) is 14.2. The summed E-state index contributed by atoms with van der Waals surface area (Å²) in [6, 6.07) is 5.82. The van der Waals surface area contributed by atoms with Gasteiger partial charge in [0.15, 0.2) is 0 Å². The van der Waals surface area contributed by atoms with Crippen molar-refractivity contribution in [1.29, 1.82) is 0 Å². The average Bonchev–Trinajstić information content (AvgIpc) is 2.78. The van der Waals surface area contributed by atoms with Crippen molar-refractivity contribution in [1.82, 2.24) is 9.55 Å². The van der Waals surface area contributed by atoms with Crippen LogP contribution in [0.2, 0.25) is 5.02 Å². The number of rotatable bonds is 4. The van der Waals surface area contributed by atoms with E-state index in [0.29, 0.717) is 5.88 Å². The van der Waals surface area contributed by atoms with Gasteiger partial charge >= 0.3 is 0 Å². The van der Waals surface area contributed by atoms with E-state index in [0.717, 1.165) is 47.9 Å². The van der Waals surface area contributed by atoms with Gasteiger partial charge in [-0.25, -0.2) is 4.98 Å². The zero-order chi connectivity index (χ0) is 13.9. The number of halogens is 2. The number of alkyl halides is 1. The van der Waals surface area contributed by atoms with E-state index in [2.05, 4.69) is 9.55 Å². The van der Waals surface area contributed by atoms with Gasteiger partial charge in [0.25, 0.3) is 0 Å². The summed E-state index contributed by atoms with van der Waals surface area (Å²) < 4.78 is 8.07. The van der Waals surface area contributed by atoms with E-state index in [1.165, 1.54) is 12.8 Å². The van der Waals surface area contributed by atoms with Crippen LogP contribution in [0.3, 0.4) is 0 Å². The van der Waals surface area contributed by atoms with E-state index >= 15 is 0 Å². The second-order valence-electron chi connectivity index (χ2n) is 5.20. The van der Waals surface area contributed by atoms with Crippen LogP contribution >= 0.6 is 23.2 Å². The highest BCUT2D eigenvalue weighted by atomic mass is 35.5. The zero-order valence-corrected chi connectivity index (χ0v) is 12.8. The van der Waals surface area contributed by atoms with Crippen LogP contribution in [0.4, 0.5) is 0 Å². The monoisotopic (exact) mass is 312 g/mol. The van der Waals surface area contributed by atoms with Crippen molar-refractivity contribution in [2.24, 2.45) is 0 Å². The van der Waals surface area contributed by atoms with Crippen LogP contribution in [-0.4, -0.2) is 28.1 Å². The Labute approximate surface area is 128 Å². The number of ether oxygens (including phenoxy) is 1. The minimum atomic E-state index is 0.272. The van der Waals surface area contributed by atoms with Crippen molar-refractivity contribution in [2.45, 2.75) is 38.3 Å². The Hall–Kier alpha value is -0.770. The molecule has 1 saturated heterocycles. The number of nitrogens with zero attached hydrogens (tertiary/aromatic N) is 2. The smallest absolute Gasteiger partial charge is 0.111 e. The maximum absolute atomic E-state index is 6.12. The van der Waals surface area contributed by atoms with E-state index in [1.807, 2.05) is 18.2 Å². The molecule has 2 aromatic rings. The summed E-state index contributed by atoms with van der Waals surface area (Å²) in [7, 11) is 0. The van der Waals surface area contributed by atoms with Gasteiger partial charge in [-0.05, 0) is 37.5 Å². The highest BCUT2D eigenvalue weighted by Gasteiger charge is 2.18. The number of aryl methyl sites for hydroxylation is 1. The molecule has 1 unspecified atom stereocenters. The standard InChI is InChI=1S/C15H18Cl2N2O/c16-7-6-15-18-13-5-4-11(17)9-14(13)19(15)10-12-3-1-2-8-20-12/h4-5,9,12H,1-3,6-8,10H2. The highest BCUT2D eigenvalue weighted by Crippen LogP contribution is 2.24. The highest BCUT2D eigenvalue weighted by molar-refractivity contribution is 6.31. The minimum absolute atomic E-state index is 0.272. The number of benzene rings is 1. The van der Waals surface area contributed by atoms with Crippen molar-refractivity contribution in [2.75, 3.05) is 12.5 Å². The Morgan fingerprint density at radius 3 is 3.00 bits per heavy atom. The first-order valence-electron chi connectivity index (χ1n) is 7.10. The fourth-order valence-corrected chi connectivity index (χ4v) is 3.12. The van der Waals surface area contributed by atoms with Gasteiger partial charge in [0.05, 0.1) is 23.7 Å². The maximum atomic E-state index is 6.12. The fraction of sp³-hybridized carbons (Fsp3) is 0.533. The summed E-state index contributed by atoms with van der Waals surface area (Å²) in [5.74, 6) is 1.59. The summed E-state index contributed by atoms with van der Waals surface area (Å²) in [5, 5.41) is 0.737. The molecule has 2 heterocycles. The van der Waals surface area contributed by atoms with Crippen molar-refractivity contribution < 1.29 is 4.74 Å². The fourth-order valence-electron chi connectivity index (χ4n) is 2.78. The second-order valence-corrected chi connectivity index (χ2v) is 6.01. The summed E-state index contributed by atoms with van der Waals surface area (Å²) >= 11 is 12.0. The number of aromatic nitrogens is 2. The second kappa shape index (κ2) is 6.33. The van der Waals surface area contributed by atoms with E-state index in [9.17, 15) is 0 Å². The van der Waals surface area contributed by atoms with Gasteiger partial charge in [-0.15, -0.1) is 11.6 Å². The first-order valence-corrected chi connectivity index (χ1v) is 8.01. The molecule has 108 valence electrons. The molecule has 0 radical (unpaired) electrons. The van der Waals surface area contributed by atoms with Crippen LogP contribution in [0.15, 0.2) is 18.2 Å². The van der Waals surface area contributed by atoms with Crippen LogP contribution in [0.5, 0.6) is 0 Å². The average molecular weight is 313 g/mol. The predicted molar refractivity (Wildman–Crippen MR) is 82.8 cm³/mol. The van der Waals surface area contributed by atoms with Crippen LogP contribution in [0, 0.1) is 0 Å². The lowest BCUT2D eigenvalue weighted by molar-refractivity contribution is 0.00621. The molecule has 0 N–H and O–H groups in total. The molecule has 1 atom stereocenters. The molecular formula is C15H18Cl2N2O. The van der Waals surface area contributed by atoms with E-state index < -0.39 is 0 Å². The molecule has 0 aliphatic carbocycles. The third kappa shape index (κ3) is 2.95. The number of fused-ring (bicyclic) bond motifs is 1. The van der Waals surface area contributed by atoms with Crippen molar-refractivity contribution >= 4 is 34.2 Å². The molecule has 1 aromatic carbocycles. The molecular weight excluding hydrogens is 295 g/mol. The first-order chi connectivity index (χ1) is 9.78. The van der Waals surface area contributed by atoms with Crippen LogP contribution in [-0.2, 0) is 17.7 Å². The third-order valence-electron chi connectivity index (χ3n) is 3.77. The van der Waals surface area contributed by atoms with Gasteiger partial charge in [0.1, 0.15) is 5.82 Å². The lowest BCUT2D eigenvalue weighted by Crippen LogP contribution is -2.25. The number of imidazole rings is 1. The Kier molecular flexibility index (Phi) is 4.49. The lowest BCUT2D eigenvalue weighted by atomic mass is 10.1. The summed E-state index contributed by atoms with van der Waals surface area (Å²) in [4.78, 5) is 4.67. The Morgan fingerprint density at radius 2 is 2.25 bits per heavy atom. The molecule has 1 aliphatic rings. The zero-order valence-electron chi connectivity index (χ0n) is 11.3. The van der Waals surface area contributed by atoms with Gasteiger partial charge < -0.3 is 9.30 Å². The number of hydrogen-bond donors (Lipinski definition) is 0. The largest absolute Gasteiger partial charge is 0.376 e. The minimum Gasteiger partial charge on any atom is -0.376 e. The van der Waals surface area contributed by atoms with Crippen molar-refractivity contribution in [3.63, 3.8) is 0 Å². The maximum Gasteiger partial charge on any atom is 0.111 e. The van der Waals surface area contributed by atoms with E-state index in [1.54, 1.807) is 0 Å². The van der Waals surface area contributed by atoms with Gasteiger partial charge in [0.2, 0.25) is 0 Å². The van der Waals surface area contributed by atoms with Gasteiger partial charge in [0, 0.05) is 23.9 Å².